The molecule has 6 atom stereocenters. The predicted molar refractivity (Wildman–Crippen MR) is 194 cm³/mol. The SMILES string of the molecule is COc1cc(C=CC2C3=CCC4C(=O)N(C(N)=O)C(=O)C4C3CC3C(=O)N(c4cc(-c5sc6ccc(Cl)cc6c5C)nn4C)C(=O)C23C)ccc1O. The molecule has 6 unspecified atom stereocenters. The molecular formula is C38H34ClN5O7S. The number of phenols is 1. The number of halogens is 1. The lowest BCUT2D eigenvalue weighted by Gasteiger charge is -2.47. The second-order valence-electron chi connectivity index (χ2n) is 14.1. The van der Waals surface area contributed by atoms with Crippen LogP contribution in [0.2, 0.25) is 5.02 Å². The maximum atomic E-state index is 14.9. The highest BCUT2D eigenvalue weighted by Gasteiger charge is 2.67. The molecule has 3 fully saturated rings. The maximum Gasteiger partial charge on any atom is 0.328 e. The molecule has 4 aromatic rings. The van der Waals surface area contributed by atoms with Gasteiger partial charge in [0.2, 0.25) is 23.6 Å². The van der Waals surface area contributed by atoms with Crippen LogP contribution in [0.1, 0.15) is 30.9 Å². The highest BCUT2D eigenvalue weighted by molar-refractivity contribution is 7.22. The number of primary amides is 1. The molecule has 8 rings (SSSR count). The molecule has 2 aromatic heterocycles. The Labute approximate surface area is 307 Å². The Morgan fingerprint density at radius 3 is 2.60 bits per heavy atom. The molecule has 2 saturated heterocycles. The normalized spacial score (nSPS) is 27.0. The number of hydrogen-bond acceptors (Lipinski definition) is 9. The molecule has 6 amide bonds. The van der Waals surface area contributed by atoms with E-state index in [1.54, 1.807) is 49.6 Å². The lowest BCUT2D eigenvalue weighted by Crippen LogP contribution is -2.49. The first-order valence-electron chi connectivity index (χ1n) is 16.8. The number of urea groups is 1. The topological polar surface area (TPSA) is 165 Å². The molecule has 14 heteroatoms. The van der Waals surface area contributed by atoms with Crippen LogP contribution in [0.25, 0.3) is 26.7 Å². The number of aryl methyl sites for hydroxylation is 2. The fourth-order valence-electron chi connectivity index (χ4n) is 8.87. The number of nitrogens with zero attached hydrogens (tertiary/aromatic N) is 4. The van der Waals surface area contributed by atoms with Crippen LogP contribution in [0.3, 0.4) is 0 Å². The number of fused-ring (bicyclic) bond motifs is 5. The molecule has 3 N–H and O–H groups in total. The Morgan fingerprint density at radius 1 is 1.10 bits per heavy atom. The van der Waals surface area contributed by atoms with Crippen LogP contribution in [-0.4, -0.2) is 56.6 Å². The standard InChI is InChI=1S/C38H34ClN5O7S/c1-17-22-14-19(39)7-12-29(22)52-32(17)26-16-30(42(3)41-26)43-34(47)25-15-23-20(8-9-21-31(23)35(48)44(33(21)46)37(40)50)24(38(25,2)36(43)49)10-5-18-6-11-27(45)28(13-18)51-4/h5-8,10-14,16,21,23-25,31,45H,9,15H2,1-4H3,(H2,40,50). The van der Waals surface area contributed by atoms with Crippen molar-refractivity contribution in [2.24, 2.45) is 47.8 Å². The largest absolute Gasteiger partial charge is 0.504 e. The fourth-order valence-corrected chi connectivity index (χ4v) is 10.2. The molecule has 0 bridgehead atoms. The summed E-state index contributed by atoms with van der Waals surface area (Å²) in [5.41, 5.74) is 7.19. The van der Waals surface area contributed by atoms with Gasteiger partial charge in [-0.1, -0.05) is 41.5 Å². The van der Waals surface area contributed by atoms with E-state index in [1.807, 2.05) is 37.3 Å². The molecule has 4 heterocycles. The van der Waals surface area contributed by atoms with E-state index in [4.69, 9.17) is 27.2 Å². The lowest BCUT2D eigenvalue weighted by atomic mass is 9.52. The van der Waals surface area contributed by atoms with Crippen LogP contribution in [0, 0.1) is 41.9 Å². The van der Waals surface area contributed by atoms with Crippen molar-refractivity contribution in [1.29, 1.82) is 0 Å². The first-order chi connectivity index (χ1) is 24.8. The van der Waals surface area contributed by atoms with Gasteiger partial charge in [-0.05, 0) is 79.5 Å². The molecule has 266 valence electrons. The summed E-state index contributed by atoms with van der Waals surface area (Å²) in [4.78, 5) is 71.3. The molecule has 2 aromatic carbocycles. The molecule has 4 aliphatic rings. The summed E-state index contributed by atoms with van der Waals surface area (Å²) in [6.07, 6.45) is 5.82. The summed E-state index contributed by atoms with van der Waals surface area (Å²) >= 11 is 7.83. The highest BCUT2D eigenvalue weighted by Crippen LogP contribution is 2.61. The van der Waals surface area contributed by atoms with Crippen LogP contribution in [-0.2, 0) is 26.2 Å². The number of carbonyl (C=O) groups excluding carboxylic acids is 5. The molecule has 0 radical (unpaired) electrons. The third kappa shape index (κ3) is 4.71. The Kier molecular flexibility index (Phi) is 7.74. The minimum absolute atomic E-state index is 0.0359. The number of amides is 6. The van der Waals surface area contributed by atoms with Crippen LogP contribution in [0.15, 0.2) is 60.2 Å². The maximum absolute atomic E-state index is 14.9. The third-order valence-corrected chi connectivity index (χ3v) is 13.0. The van der Waals surface area contributed by atoms with Gasteiger partial charge in [0.05, 0.1) is 35.2 Å². The predicted octanol–water partition coefficient (Wildman–Crippen LogP) is 5.83. The highest BCUT2D eigenvalue weighted by atomic mass is 35.5. The van der Waals surface area contributed by atoms with E-state index < -0.39 is 64.7 Å². The number of phenolic OH excluding ortho intramolecular Hbond substituents is 1. The number of thiophene rings is 1. The van der Waals surface area contributed by atoms with Crippen molar-refractivity contribution >= 4 is 74.6 Å². The summed E-state index contributed by atoms with van der Waals surface area (Å²) in [5.74, 6) is -5.50. The Bertz CT molecular complexity index is 2340. The monoisotopic (exact) mass is 739 g/mol. The van der Waals surface area contributed by atoms with Crippen molar-refractivity contribution < 1.29 is 33.8 Å². The average Bonchev–Trinajstić information content (AvgIpc) is 3.78. The number of anilines is 1. The number of methoxy groups -OCH3 is 1. The zero-order valence-corrected chi connectivity index (χ0v) is 30.2. The van der Waals surface area contributed by atoms with Gasteiger partial charge in [0, 0.05) is 28.8 Å². The Morgan fingerprint density at radius 2 is 1.87 bits per heavy atom. The van der Waals surface area contributed by atoms with Gasteiger partial charge < -0.3 is 15.6 Å². The number of rotatable bonds is 5. The van der Waals surface area contributed by atoms with Crippen LogP contribution < -0.4 is 15.4 Å². The summed E-state index contributed by atoms with van der Waals surface area (Å²) in [5, 5.41) is 16.5. The quantitative estimate of drug-likeness (QED) is 0.191. The lowest BCUT2D eigenvalue weighted by molar-refractivity contribution is -0.136. The van der Waals surface area contributed by atoms with Crippen molar-refractivity contribution in [3.63, 3.8) is 0 Å². The fraction of sp³-hybridized carbons (Fsp3) is 0.316. The van der Waals surface area contributed by atoms with Crippen LogP contribution in [0.4, 0.5) is 10.6 Å². The van der Waals surface area contributed by atoms with Crippen molar-refractivity contribution in [1.82, 2.24) is 14.7 Å². The first kappa shape index (κ1) is 33.9. The van der Waals surface area contributed by atoms with Crippen LogP contribution in [0.5, 0.6) is 11.5 Å². The van der Waals surface area contributed by atoms with Gasteiger partial charge >= 0.3 is 6.03 Å². The van der Waals surface area contributed by atoms with Gasteiger partial charge in [-0.25, -0.2) is 9.69 Å². The minimum atomic E-state index is -1.28. The van der Waals surface area contributed by atoms with E-state index in [1.165, 1.54) is 22.8 Å². The number of likely N-dealkylation sites (tertiary alicyclic amines) is 1. The smallest absolute Gasteiger partial charge is 0.328 e. The molecule has 52 heavy (non-hydrogen) atoms. The number of hydrogen-bond donors (Lipinski definition) is 2. The van der Waals surface area contributed by atoms with E-state index >= 15 is 0 Å². The zero-order valence-electron chi connectivity index (χ0n) is 28.6. The number of imide groups is 4. The van der Waals surface area contributed by atoms with Gasteiger partial charge in [-0.3, -0.25) is 23.9 Å². The number of aromatic hydroxyl groups is 1. The Hall–Kier alpha value is -5.27. The average molecular weight is 740 g/mol. The summed E-state index contributed by atoms with van der Waals surface area (Å²) in [6.45, 7) is 3.76. The van der Waals surface area contributed by atoms with Gasteiger partial charge in [0.15, 0.2) is 11.5 Å². The summed E-state index contributed by atoms with van der Waals surface area (Å²) in [6, 6.07) is 11.1. The van der Waals surface area contributed by atoms with Crippen molar-refractivity contribution in [2.45, 2.75) is 26.7 Å². The van der Waals surface area contributed by atoms with E-state index in [0.717, 1.165) is 26.1 Å². The second kappa shape index (κ2) is 11.9. The van der Waals surface area contributed by atoms with E-state index in [-0.39, 0.29) is 24.3 Å². The van der Waals surface area contributed by atoms with Gasteiger partial charge in [-0.15, -0.1) is 11.3 Å². The number of benzene rings is 2. The number of allylic oxidation sites excluding steroid dienone is 3. The van der Waals surface area contributed by atoms with Gasteiger partial charge in [0.1, 0.15) is 11.5 Å². The van der Waals surface area contributed by atoms with E-state index in [0.29, 0.717) is 27.0 Å². The number of aromatic nitrogens is 2. The van der Waals surface area contributed by atoms with Crippen LogP contribution >= 0.6 is 22.9 Å². The summed E-state index contributed by atoms with van der Waals surface area (Å²) < 4.78 is 7.85. The van der Waals surface area contributed by atoms with Gasteiger partial charge in [0.25, 0.3) is 0 Å². The number of ether oxygens (including phenoxy) is 1. The molecule has 12 nitrogen and oxygen atoms in total. The Balaban J connectivity index is 1.23. The van der Waals surface area contributed by atoms with Gasteiger partial charge in [-0.2, -0.15) is 10.00 Å². The van der Waals surface area contributed by atoms with Crippen molar-refractivity contribution in [3.8, 4) is 22.1 Å². The molecule has 0 spiro atoms. The number of carbonyl (C=O) groups is 5. The van der Waals surface area contributed by atoms with E-state index in [2.05, 4.69) is 0 Å². The minimum Gasteiger partial charge on any atom is -0.504 e. The third-order valence-electron chi connectivity index (χ3n) is 11.5. The summed E-state index contributed by atoms with van der Waals surface area (Å²) in [7, 11) is 3.13. The zero-order chi connectivity index (χ0) is 37.0. The van der Waals surface area contributed by atoms with Crippen molar-refractivity contribution in [3.05, 3.63) is 76.3 Å². The second-order valence-corrected chi connectivity index (χ2v) is 15.5. The molecule has 2 aliphatic carbocycles. The van der Waals surface area contributed by atoms with E-state index in [9.17, 15) is 29.1 Å². The van der Waals surface area contributed by atoms with Crippen molar-refractivity contribution in [2.75, 3.05) is 12.0 Å². The molecule has 1 saturated carbocycles. The first-order valence-corrected chi connectivity index (χ1v) is 18.0. The number of nitrogens with two attached hydrogens (primary N) is 1. The molecule has 2 aliphatic heterocycles. The molecular weight excluding hydrogens is 706 g/mol.